The third-order valence-electron chi connectivity index (χ3n) is 1.75. The third kappa shape index (κ3) is 2.03. The van der Waals surface area contributed by atoms with E-state index in [0.29, 0.717) is 0 Å². The molecule has 1 aromatic carbocycles. The van der Waals surface area contributed by atoms with Crippen molar-refractivity contribution in [3.8, 4) is 6.07 Å². The second kappa shape index (κ2) is 4.22. The van der Waals surface area contributed by atoms with E-state index < -0.39 is 5.92 Å². The SMILES string of the molecule is C=CC(=O)C(C#N)c1ccccc1. The predicted molar refractivity (Wildman–Crippen MR) is 50.0 cm³/mol. The fourth-order valence-corrected chi connectivity index (χ4v) is 1.07. The Labute approximate surface area is 77.1 Å². The van der Waals surface area contributed by atoms with Crippen molar-refractivity contribution >= 4 is 5.78 Å². The van der Waals surface area contributed by atoms with Crippen LogP contribution in [0, 0.1) is 11.3 Å². The van der Waals surface area contributed by atoms with Gasteiger partial charge in [0.25, 0.3) is 0 Å². The summed E-state index contributed by atoms with van der Waals surface area (Å²) in [5.74, 6) is -0.965. The molecular formula is C11H9NO. The Morgan fingerprint density at radius 1 is 1.46 bits per heavy atom. The standard InChI is InChI=1S/C11H9NO/c1-2-11(13)10(8-12)9-6-4-3-5-7-9/h2-7,10H,1H2. The van der Waals surface area contributed by atoms with Crippen molar-refractivity contribution in [1.29, 1.82) is 5.26 Å². The first-order valence-corrected chi connectivity index (χ1v) is 3.90. The molecule has 0 saturated carbocycles. The number of allylic oxidation sites excluding steroid dienone is 1. The maximum atomic E-state index is 11.2. The molecule has 13 heavy (non-hydrogen) atoms. The Balaban J connectivity index is 3.00. The van der Waals surface area contributed by atoms with Gasteiger partial charge in [-0.3, -0.25) is 4.79 Å². The van der Waals surface area contributed by atoms with Crippen molar-refractivity contribution < 1.29 is 4.79 Å². The molecule has 0 aromatic heterocycles. The van der Waals surface area contributed by atoms with E-state index in [1.54, 1.807) is 24.3 Å². The van der Waals surface area contributed by atoms with Gasteiger partial charge in [0.2, 0.25) is 0 Å². The molecule has 2 heteroatoms. The largest absolute Gasteiger partial charge is 0.293 e. The van der Waals surface area contributed by atoms with E-state index in [-0.39, 0.29) is 5.78 Å². The molecule has 1 rings (SSSR count). The Morgan fingerprint density at radius 2 is 2.08 bits per heavy atom. The van der Waals surface area contributed by atoms with E-state index in [9.17, 15) is 4.79 Å². The highest BCUT2D eigenvalue weighted by atomic mass is 16.1. The Bertz CT molecular complexity index is 348. The number of carbonyl (C=O) groups is 1. The van der Waals surface area contributed by atoms with E-state index in [1.807, 2.05) is 12.1 Å². The first-order valence-electron chi connectivity index (χ1n) is 3.90. The lowest BCUT2D eigenvalue weighted by Crippen LogP contribution is -2.06. The smallest absolute Gasteiger partial charge is 0.176 e. The average Bonchev–Trinajstić information content (AvgIpc) is 2.20. The fraction of sp³-hybridized carbons (Fsp3) is 0.0909. The summed E-state index contributed by atoms with van der Waals surface area (Å²) in [6.07, 6.45) is 1.18. The van der Waals surface area contributed by atoms with Crippen molar-refractivity contribution in [3.63, 3.8) is 0 Å². The fourth-order valence-electron chi connectivity index (χ4n) is 1.07. The van der Waals surface area contributed by atoms with Gasteiger partial charge in [-0.25, -0.2) is 0 Å². The van der Waals surface area contributed by atoms with E-state index in [4.69, 9.17) is 5.26 Å². The second-order valence-electron chi connectivity index (χ2n) is 2.58. The van der Waals surface area contributed by atoms with Crippen molar-refractivity contribution in [2.24, 2.45) is 0 Å². The molecule has 2 nitrogen and oxygen atoms in total. The molecule has 1 atom stereocenters. The number of nitrogens with zero attached hydrogens (tertiary/aromatic N) is 1. The molecule has 0 radical (unpaired) electrons. The lowest BCUT2D eigenvalue weighted by atomic mass is 9.96. The molecule has 64 valence electrons. The molecule has 0 aliphatic rings. The van der Waals surface area contributed by atoms with Gasteiger partial charge in [0.15, 0.2) is 5.78 Å². The molecular weight excluding hydrogens is 162 g/mol. The molecule has 0 amide bonds. The Hall–Kier alpha value is -1.88. The first kappa shape index (κ1) is 9.21. The van der Waals surface area contributed by atoms with Gasteiger partial charge in [-0.05, 0) is 11.6 Å². The summed E-state index contributed by atoms with van der Waals surface area (Å²) in [6, 6.07) is 10.9. The van der Waals surface area contributed by atoms with Crippen LogP contribution in [-0.2, 0) is 4.79 Å². The van der Waals surface area contributed by atoms with Crippen molar-refractivity contribution in [3.05, 3.63) is 48.6 Å². The van der Waals surface area contributed by atoms with Gasteiger partial charge >= 0.3 is 0 Å². The number of nitriles is 1. The number of carbonyl (C=O) groups excluding carboxylic acids is 1. The lowest BCUT2D eigenvalue weighted by molar-refractivity contribution is -0.114. The minimum Gasteiger partial charge on any atom is -0.293 e. The van der Waals surface area contributed by atoms with Gasteiger partial charge in [0.05, 0.1) is 6.07 Å². The van der Waals surface area contributed by atoms with Crippen LogP contribution in [0.25, 0.3) is 0 Å². The summed E-state index contributed by atoms with van der Waals surface area (Å²) >= 11 is 0. The molecule has 0 saturated heterocycles. The third-order valence-corrected chi connectivity index (χ3v) is 1.75. The van der Waals surface area contributed by atoms with Gasteiger partial charge in [0, 0.05) is 0 Å². The minimum absolute atomic E-state index is 0.256. The Morgan fingerprint density at radius 3 is 2.54 bits per heavy atom. The normalized spacial score (nSPS) is 11.3. The van der Waals surface area contributed by atoms with E-state index in [1.165, 1.54) is 6.08 Å². The van der Waals surface area contributed by atoms with E-state index >= 15 is 0 Å². The van der Waals surface area contributed by atoms with Crippen LogP contribution in [0.3, 0.4) is 0 Å². The molecule has 0 aliphatic heterocycles. The first-order chi connectivity index (χ1) is 6.29. The zero-order chi connectivity index (χ0) is 9.68. The summed E-state index contributed by atoms with van der Waals surface area (Å²) in [5, 5.41) is 8.76. The molecule has 0 heterocycles. The monoisotopic (exact) mass is 171 g/mol. The number of benzene rings is 1. The summed E-state index contributed by atoms with van der Waals surface area (Å²) in [7, 11) is 0. The highest BCUT2D eigenvalue weighted by Gasteiger charge is 2.15. The van der Waals surface area contributed by atoms with Crippen LogP contribution in [-0.4, -0.2) is 5.78 Å². The number of hydrogen-bond donors (Lipinski definition) is 0. The van der Waals surface area contributed by atoms with Crippen molar-refractivity contribution in [1.82, 2.24) is 0 Å². The summed E-state index contributed by atoms with van der Waals surface area (Å²) in [4.78, 5) is 11.2. The summed E-state index contributed by atoms with van der Waals surface area (Å²) < 4.78 is 0. The molecule has 0 aliphatic carbocycles. The molecule has 0 fully saturated rings. The number of ketones is 1. The van der Waals surface area contributed by atoms with Gasteiger partial charge in [-0.2, -0.15) is 5.26 Å². The van der Waals surface area contributed by atoms with Crippen molar-refractivity contribution in [2.75, 3.05) is 0 Å². The van der Waals surface area contributed by atoms with E-state index in [2.05, 4.69) is 6.58 Å². The van der Waals surface area contributed by atoms with Gasteiger partial charge in [-0.15, -0.1) is 0 Å². The van der Waals surface area contributed by atoms with E-state index in [0.717, 1.165) is 5.56 Å². The van der Waals surface area contributed by atoms with Crippen LogP contribution in [0.4, 0.5) is 0 Å². The van der Waals surface area contributed by atoms with Crippen LogP contribution >= 0.6 is 0 Å². The van der Waals surface area contributed by atoms with Gasteiger partial charge in [-0.1, -0.05) is 36.9 Å². The number of rotatable bonds is 3. The quantitative estimate of drug-likeness (QED) is 0.653. The maximum Gasteiger partial charge on any atom is 0.176 e. The summed E-state index contributed by atoms with van der Waals surface area (Å²) in [5.41, 5.74) is 0.718. The number of hydrogen-bond acceptors (Lipinski definition) is 2. The Kier molecular flexibility index (Phi) is 2.99. The molecule has 0 spiro atoms. The van der Waals surface area contributed by atoms with Gasteiger partial charge in [0.1, 0.15) is 5.92 Å². The molecule has 0 N–H and O–H groups in total. The minimum atomic E-state index is -0.710. The molecule has 1 unspecified atom stereocenters. The topological polar surface area (TPSA) is 40.9 Å². The second-order valence-corrected chi connectivity index (χ2v) is 2.58. The zero-order valence-corrected chi connectivity index (χ0v) is 7.10. The van der Waals surface area contributed by atoms with Crippen LogP contribution in [0.15, 0.2) is 43.0 Å². The van der Waals surface area contributed by atoms with Crippen LogP contribution in [0.5, 0.6) is 0 Å². The van der Waals surface area contributed by atoms with Gasteiger partial charge < -0.3 is 0 Å². The molecule has 1 aromatic rings. The highest BCUT2D eigenvalue weighted by molar-refractivity contribution is 5.97. The average molecular weight is 171 g/mol. The lowest BCUT2D eigenvalue weighted by Gasteiger charge is -2.03. The molecule has 0 bridgehead atoms. The van der Waals surface area contributed by atoms with Crippen LogP contribution < -0.4 is 0 Å². The van der Waals surface area contributed by atoms with Crippen LogP contribution in [0.1, 0.15) is 11.5 Å². The van der Waals surface area contributed by atoms with Crippen molar-refractivity contribution in [2.45, 2.75) is 5.92 Å². The van der Waals surface area contributed by atoms with Crippen LogP contribution in [0.2, 0.25) is 0 Å². The highest BCUT2D eigenvalue weighted by Crippen LogP contribution is 2.15. The zero-order valence-electron chi connectivity index (χ0n) is 7.10. The summed E-state index contributed by atoms with van der Waals surface area (Å²) in [6.45, 7) is 3.35. The predicted octanol–water partition coefficient (Wildman–Crippen LogP) is 2.05. The maximum absolute atomic E-state index is 11.2.